The first-order valence-corrected chi connectivity index (χ1v) is 5.92. The molecular formula is C16H22. The molecule has 86 valence electrons. The van der Waals surface area contributed by atoms with Crippen LogP contribution >= 0.6 is 0 Å². The fourth-order valence-corrected chi connectivity index (χ4v) is 1.95. The number of allylic oxidation sites excluding steroid dienone is 3. The van der Waals surface area contributed by atoms with E-state index < -0.39 is 0 Å². The standard InChI is InChI=1S/C16H22/c1-6-8-14(7-2)16(4,5)15-11-9-13(3)10-12-15/h7-12H,2,6H2,1,3-5H3/b14-8+. The zero-order chi connectivity index (χ0) is 12.2. The molecule has 0 saturated carbocycles. The van der Waals surface area contributed by atoms with Crippen LogP contribution in [0.15, 0.2) is 48.6 Å². The zero-order valence-electron chi connectivity index (χ0n) is 10.9. The molecule has 0 aliphatic carbocycles. The van der Waals surface area contributed by atoms with Gasteiger partial charge in [0.25, 0.3) is 0 Å². The average molecular weight is 214 g/mol. The van der Waals surface area contributed by atoms with Crippen molar-refractivity contribution >= 4 is 0 Å². The highest BCUT2D eigenvalue weighted by atomic mass is 14.3. The van der Waals surface area contributed by atoms with E-state index in [9.17, 15) is 0 Å². The van der Waals surface area contributed by atoms with Crippen molar-refractivity contribution in [3.05, 3.63) is 59.7 Å². The summed E-state index contributed by atoms with van der Waals surface area (Å²) >= 11 is 0. The third-order valence-electron chi connectivity index (χ3n) is 3.14. The molecule has 0 heteroatoms. The van der Waals surface area contributed by atoms with Crippen molar-refractivity contribution < 1.29 is 0 Å². The van der Waals surface area contributed by atoms with Crippen molar-refractivity contribution in [1.29, 1.82) is 0 Å². The summed E-state index contributed by atoms with van der Waals surface area (Å²) in [6.45, 7) is 12.7. The Morgan fingerprint density at radius 1 is 1.25 bits per heavy atom. The van der Waals surface area contributed by atoms with Gasteiger partial charge in [-0.15, -0.1) is 0 Å². The molecule has 0 spiro atoms. The third kappa shape index (κ3) is 2.63. The highest BCUT2D eigenvalue weighted by molar-refractivity contribution is 5.40. The van der Waals surface area contributed by atoms with Crippen LogP contribution in [0.4, 0.5) is 0 Å². The molecule has 1 aromatic rings. The van der Waals surface area contributed by atoms with Crippen LogP contribution in [0.1, 0.15) is 38.3 Å². The SMILES string of the molecule is C=C/C(=C\CC)C(C)(C)c1ccc(C)cc1. The Bertz CT molecular complexity index is 377. The molecule has 1 rings (SSSR count). The Kier molecular flexibility index (Phi) is 4.12. The first-order valence-electron chi connectivity index (χ1n) is 5.92. The maximum Gasteiger partial charge on any atom is 0.0143 e. The molecule has 1 aromatic carbocycles. The van der Waals surface area contributed by atoms with E-state index in [1.54, 1.807) is 0 Å². The third-order valence-corrected chi connectivity index (χ3v) is 3.14. The molecule has 0 aliphatic rings. The van der Waals surface area contributed by atoms with E-state index in [0.29, 0.717) is 0 Å². The molecule has 0 N–H and O–H groups in total. The topological polar surface area (TPSA) is 0 Å². The lowest BCUT2D eigenvalue weighted by atomic mass is 9.77. The first kappa shape index (κ1) is 12.8. The molecule has 0 radical (unpaired) electrons. The zero-order valence-corrected chi connectivity index (χ0v) is 10.9. The quantitative estimate of drug-likeness (QED) is 0.632. The van der Waals surface area contributed by atoms with Gasteiger partial charge in [-0.3, -0.25) is 0 Å². The lowest BCUT2D eigenvalue weighted by Crippen LogP contribution is -2.19. The van der Waals surface area contributed by atoms with Crippen LogP contribution in [0.3, 0.4) is 0 Å². The van der Waals surface area contributed by atoms with E-state index in [-0.39, 0.29) is 5.41 Å². The number of benzene rings is 1. The van der Waals surface area contributed by atoms with Crippen molar-refractivity contribution in [2.75, 3.05) is 0 Å². The normalized spacial score (nSPS) is 12.6. The second-order valence-corrected chi connectivity index (χ2v) is 4.76. The Labute approximate surface area is 99.7 Å². The molecule has 0 aliphatic heterocycles. The Morgan fingerprint density at radius 2 is 1.81 bits per heavy atom. The minimum Gasteiger partial charge on any atom is -0.0988 e. The second-order valence-electron chi connectivity index (χ2n) is 4.76. The van der Waals surface area contributed by atoms with Gasteiger partial charge in [0, 0.05) is 5.41 Å². The van der Waals surface area contributed by atoms with E-state index in [1.165, 1.54) is 16.7 Å². The van der Waals surface area contributed by atoms with Gasteiger partial charge in [0.15, 0.2) is 0 Å². The summed E-state index contributed by atoms with van der Waals surface area (Å²) in [5, 5.41) is 0. The van der Waals surface area contributed by atoms with E-state index >= 15 is 0 Å². The van der Waals surface area contributed by atoms with Gasteiger partial charge in [0.2, 0.25) is 0 Å². The predicted molar refractivity (Wildman–Crippen MR) is 72.8 cm³/mol. The average Bonchev–Trinajstić information content (AvgIpc) is 2.26. The van der Waals surface area contributed by atoms with Gasteiger partial charge in [0.05, 0.1) is 0 Å². The van der Waals surface area contributed by atoms with Gasteiger partial charge < -0.3 is 0 Å². The van der Waals surface area contributed by atoms with E-state index in [4.69, 9.17) is 0 Å². The summed E-state index contributed by atoms with van der Waals surface area (Å²) in [7, 11) is 0. The molecule has 0 saturated heterocycles. The number of hydrogen-bond acceptors (Lipinski definition) is 0. The molecule has 0 atom stereocenters. The lowest BCUT2D eigenvalue weighted by molar-refractivity contribution is 0.636. The molecule has 0 fully saturated rings. The molecular weight excluding hydrogens is 192 g/mol. The summed E-state index contributed by atoms with van der Waals surface area (Å²) in [6, 6.07) is 8.76. The maximum absolute atomic E-state index is 3.92. The number of rotatable bonds is 4. The largest absolute Gasteiger partial charge is 0.0988 e. The van der Waals surface area contributed by atoms with Crippen LogP contribution in [0.25, 0.3) is 0 Å². The van der Waals surface area contributed by atoms with E-state index in [1.807, 2.05) is 6.08 Å². The van der Waals surface area contributed by atoms with Crippen LogP contribution in [0.2, 0.25) is 0 Å². The van der Waals surface area contributed by atoms with Crippen molar-refractivity contribution in [2.24, 2.45) is 0 Å². The van der Waals surface area contributed by atoms with Gasteiger partial charge in [-0.2, -0.15) is 0 Å². The molecule has 0 nitrogen and oxygen atoms in total. The molecule has 0 unspecified atom stereocenters. The van der Waals surface area contributed by atoms with Gasteiger partial charge in [-0.1, -0.05) is 69.3 Å². The van der Waals surface area contributed by atoms with E-state index in [0.717, 1.165) is 6.42 Å². The summed E-state index contributed by atoms with van der Waals surface area (Å²) < 4.78 is 0. The van der Waals surface area contributed by atoms with Crippen molar-refractivity contribution in [3.8, 4) is 0 Å². The number of hydrogen-bond donors (Lipinski definition) is 0. The van der Waals surface area contributed by atoms with Crippen molar-refractivity contribution in [1.82, 2.24) is 0 Å². The number of aryl methyl sites for hydroxylation is 1. The second kappa shape index (κ2) is 5.16. The van der Waals surface area contributed by atoms with Crippen LogP contribution in [0.5, 0.6) is 0 Å². The summed E-state index contributed by atoms with van der Waals surface area (Å²) in [5.41, 5.74) is 4.00. The monoisotopic (exact) mass is 214 g/mol. The molecule has 0 heterocycles. The smallest absolute Gasteiger partial charge is 0.0143 e. The van der Waals surface area contributed by atoms with Gasteiger partial charge >= 0.3 is 0 Å². The Hall–Kier alpha value is -1.30. The van der Waals surface area contributed by atoms with Gasteiger partial charge in [-0.25, -0.2) is 0 Å². The van der Waals surface area contributed by atoms with Gasteiger partial charge in [0.1, 0.15) is 0 Å². The first-order chi connectivity index (χ1) is 7.52. The highest BCUT2D eigenvalue weighted by Gasteiger charge is 2.22. The Morgan fingerprint density at radius 3 is 2.25 bits per heavy atom. The van der Waals surface area contributed by atoms with Crippen LogP contribution in [-0.2, 0) is 5.41 Å². The summed E-state index contributed by atoms with van der Waals surface area (Å²) in [6.07, 6.45) is 5.28. The molecule has 16 heavy (non-hydrogen) atoms. The minimum atomic E-state index is 0.0471. The molecule has 0 aromatic heterocycles. The fraction of sp³-hybridized carbons (Fsp3) is 0.375. The predicted octanol–water partition coefficient (Wildman–Crippen LogP) is 4.80. The summed E-state index contributed by atoms with van der Waals surface area (Å²) in [5.74, 6) is 0. The van der Waals surface area contributed by atoms with E-state index in [2.05, 4.69) is 64.6 Å². The van der Waals surface area contributed by atoms with Crippen LogP contribution in [-0.4, -0.2) is 0 Å². The fourth-order valence-electron chi connectivity index (χ4n) is 1.95. The maximum atomic E-state index is 3.92. The Balaban J connectivity index is 3.13. The van der Waals surface area contributed by atoms with Crippen molar-refractivity contribution in [3.63, 3.8) is 0 Å². The minimum absolute atomic E-state index is 0.0471. The molecule has 0 amide bonds. The highest BCUT2D eigenvalue weighted by Crippen LogP contribution is 2.32. The molecule has 0 bridgehead atoms. The van der Waals surface area contributed by atoms with Crippen LogP contribution in [0, 0.1) is 6.92 Å². The van der Waals surface area contributed by atoms with Crippen LogP contribution < -0.4 is 0 Å². The van der Waals surface area contributed by atoms with Crippen molar-refractivity contribution in [2.45, 2.75) is 39.5 Å². The van der Waals surface area contributed by atoms with Gasteiger partial charge in [-0.05, 0) is 24.5 Å². The lowest BCUT2D eigenvalue weighted by Gasteiger charge is -2.27. The summed E-state index contributed by atoms with van der Waals surface area (Å²) in [4.78, 5) is 0.